The van der Waals surface area contributed by atoms with E-state index in [0.717, 1.165) is 7.57 Å². The molecule has 1 heterocycles. The fourth-order valence-electron chi connectivity index (χ4n) is 0.605. The molecule has 0 fully saturated rings. The molecule has 0 saturated heterocycles. The van der Waals surface area contributed by atoms with Gasteiger partial charge in [0, 0.05) is 6.54 Å². The lowest BCUT2D eigenvalue weighted by Crippen LogP contribution is -2.20. The van der Waals surface area contributed by atoms with Crippen LogP contribution in [0, 0.1) is 0 Å². The maximum absolute atomic E-state index is 5.16. The van der Waals surface area contributed by atoms with Crippen molar-refractivity contribution in [1.82, 2.24) is 5.43 Å². The molecular weight excluding hydrogens is 280 g/mol. The standard InChI is InChI=1S/C5H6Br2N2S/c6-4-1-3(2-9-8)5(7)10-4/h1,9H,2,8H2. The number of hydrogen-bond acceptors (Lipinski definition) is 3. The Morgan fingerprint density at radius 2 is 2.30 bits per heavy atom. The van der Waals surface area contributed by atoms with Gasteiger partial charge in [-0.1, -0.05) is 0 Å². The van der Waals surface area contributed by atoms with Crippen LogP contribution in [0.2, 0.25) is 0 Å². The molecule has 56 valence electrons. The second-order valence-corrected chi connectivity index (χ2v) is 5.48. The van der Waals surface area contributed by atoms with E-state index in [-0.39, 0.29) is 0 Å². The summed E-state index contributed by atoms with van der Waals surface area (Å²) in [4.78, 5) is 0. The van der Waals surface area contributed by atoms with Gasteiger partial charge in [0.25, 0.3) is 0 Å². The summed E-state index contributed by atoms with van der Waals surface area (Å²) in [7, 11) is 0. The molecule has 0 spiro atoms. The number of rotatable bonds is 2. The van der Waals surface area contributed by atoms with Crippen LogP contribution in [0.25, 0.3) is 0 Å². The van der Waals surface area contributed by atoms with Gasteiger partial charge in [-0.2, -0.15) is 0 Å². The Morgan fingerprint density at radius 3 is 2.70 bits per heavy atom. The summed E-state index contributed by atoms with van der Waals surface area (Å²) in [6.45, 7) is 0.697. The summed E-state index contributed by atoms with van der Waals surface area (Å²) < 4.78 is 2.24. The highest BCUT2D eigenvalue weighted by atomic mass is 79.9. The minimum absolute atomic E-state index is 0.697. The topological polar surface area (TPSA) is 38.0 Å². The molecule has 0 aliphatic rings. The number of nitrogens with one attached hydrogen (secondary N) is 1. The van der Waals surface area contributed by atoms with E-state index in [1.807, 2.05) is 6.07 Å². The highest BCUT2D eigenvalue weighted by molar-refractivity contribution is 9.12. The molecule has 0 aliphatic heterocycles. The molecule has 1 aromatic rings. The maximum atomic E-state index is 5.16. The van der Waals surface area contributed by atoms with Gasteiger partial charge in [0.2, 0.25) is 0 Å². The van der Waals surface area contributed by atoms with Crippen molar-refractivity contribution in [1.29, 1.82) is 0 Å². The van der Waals surface area contributed by atoms with Crippen LogP contribution in [0.15, 0.2) is 13.6 Å². The smallest absolute Gasteiger partial charge is 0.0755 e. The van der Waals surface area contributed by atoms with Crippen molar-refractivity contribution in [3.63, 3.8) is 0 Å². The number of nitrogens with two attached hydrogens (primary N) is 1. The first-order valence-corrected chi connectivity index (χ1v) is 5.01. The molecular formula is C5H6Br2N2S. The van der Waals surface area contributed by atoms with Gasteiger partial charge in [-0.15, -0.1) is 11.3 Å². The first-order chi connectivity index (χ1) is 4.74. The average molecular weight is 286 g/mol. The lowest BCUT2D eigenvalue weighted by Gasteiger charge is -1.93. The van der Waals surface area contributed by atoms with Gasteiger partial charge in [0.05, 0.1) is 7.57 Å². The molecule has 0 amide bonds. The molecule has 3 N–H and O–H groups in total. The van der Waals surface area contributed by atoms with Crippen molar-refractivity contribution in [2.45, 2.75) is 6.54 Å². The molecule has 0 aliphatic carbocycles. The molecule has 0 aromatic carbocycles. The Labute approximate surface area is 80.0 Å². The van der Waals surface area contributed by atoms with E-state index < -0.39 is 0 Å². The van der Waals surface area contributed by atoms with Gasteiger partial charge in [-0.05, 0) is 43.5 Å². The summed E-state index contributed by atoms with van der Waals surface area (Å²) in [6, 6.07) is 2.04. The van der Waals surface area contributed by atoms with Crippen LogP contribution in [0.3, 0.4) is 0 Å². The van der Waals surface area contributed by atoms with Crippen molar-refractivity contribution < 1.29 is 0 Å². The molecule has 0 bridgehead atoms. The van der Waals surface area contributed by atoms with Gasteiger partial charge in [0.15, 0.2) is 0 Å². The van der Waals surface area contributed by atoms with Crippen molar-refractivity contribution in [2.24, 2.45) is 5.84 Å². The first-order valence-electron chi connectivity index (χ1n) is 2.61. The minimum atomic E-state index is 0.697. The average Bonchev–Trinajstić information content (AvgIpc) is 2.13. The largest absolute Gasteiger partial charge is 0.271 e. The normalized spacial score (nSPS) is 10.3. The Kier molecular flexibility index (Phi) is 3.32. The monoisotopic (exact) mass is 284 g/mol. The zero-order valence-corrected chi connectivity index (χ0v) is 9.01. The van der Waals surface area contributed by atoms with Gasteiger partial charge < -0.3 is 0 Å². The van der Waals surface area contributed by atoms with Crippen LogP contribution in [-0.2, 0) is 6.54 Å². The fraction of sp³-hybridized carbons (Fsp3) is 0.200. The Hall–Kier alpha value is 0.580. The Balaban J connectivity index is 2.81. The van der Waals surface area contributed by atoms with Gasteiger partial charge in [-0.3, -0.25) is 11.3 Å². The summed E-state index contributed by atoms with van der Waals surface area (Å²) in [5, 5.41) is 0. The predicted molar refractivity (Wildman–Crippen MR) is 50.7 cm³/mol. The highest BCUT2D eigenvalue weighted by Gasteiger charge is 2.02. The van der Waals surface area contributed by atoms with Crippen LogP contribution in [-0.4, -0.2) is 0 Å². The van der Waals surface area contributed by atoms with Crippen molar-refractivity contribution >= 4 is 43.2 Å². The van der Waals surface area contributed by atoms with Crippen LogP contribution >= 0.6 is 43.2 Å². The van der Waals surface area contributed by atoms with E-state index >= 15 is 0 Å². The lowest BCUT2D eigenvalue weighted by atomic mass is 10.3. The van der Waals surface area contributed by atoms with Gasteiger partial charge in [-0.25, -0.2) is 0 Å². The zero-order chi connectivity index (χ0) is 7.56. The van der Waals surface area contributed by atoms with Crippen molar-refractivity contribution in [3.8, 4) is 0 Å². The molecule has 0 saturated carbocycles. The van der Waals surface area contributed by atoms with E-state index in [2.05, 4.69) is 37.3 Å². The lowest BCUT2D eigenvalue weighted by molar-refractivity contribution is 0.741. The van der Waals surface area contributed by atoms with Gasteiger partial charge >= 0.3 is 0 Å². The van der Waals surface area contributed by atoms with Crippen LogP contribution in [0.4, 0.5) is 0 Å². The quantitative estimate of drug-likeness (QED) is 0.646. The molecule has 0 atom stereocenters. The molecule has 1 aromatic heterocycles. The fourth-order valence-corrected chi connectivity index (χ4v) is 3.43. The molecule has 0 radical (unpaired) electrons. The van der Waals surface area contributed by atoms with E-state index in [1.165, 1.54) is 5.56 Å². The number of thiophene rings is 1. The number of halogens is 2. The van der Waals surface area contributed by atoms with Crippen LogP contribution in [0.1, 0.15) is 5.56 Å². The zero-order valence-electron chi connectivity index (χ0n) is 5.03. The number of hydrogen-bond donors (Lipinski definition) is 2. The summed E-state index contributed by atoms with van der Waals surface area (Å²) in [5.74, 6) is 5.16. The molecule has 2 nitrogen and oxygen atoms in total. The number of hydrazine groups is 1. The predicted octanol–water partition coefficient (Wildman–Crippen LogP) is 2.24. The second-order valence-electron chi connectivity index (χ2n) is 1.73. The molecule has 0 unspecified atom stereocenters. The summed E-state index contributed by atoms with van der Waals surface area (Å²) >= 11 is 8.43. The Morgan fingerprint density at radius 1 is 1.60 bits per heavy atom. The third-order valence-corrected chi connectivity index (χ3v) is 3.48. The second kappa shape index (κ2) is 3.82. The van der Waals surface area contributed by atoms with Crippen LogP contribution in [0.5, 0.6) is 0 Å². The van der Waals surface area contributed by atoms with E-state index in [1.54, 1.807) is 11.3 Å². The van der Waals surface area contributed by atoms with Crippen LogP contribution < -0.4 is 11.3 Å². The van der Waals surface area contributed by atoms with Crippen molar-refractivity contribution in [3.05, 3.63) is 19.2 Å². The van der Waals surface area contributed by atoms with E-state index in [0.29, 0.717) is 6.54 Å². The van der Waals surface area contributed by atoms with Gasteiger partial charge in [0.1, 0.15) is 0 Å². The molecule has 10 heavy (non-hydrogen) atoms. The third-order valence-electron chi connectivity index (χ3n) is 1.02. The van der Waals surface area contributed by atoms with Crippen molar-refractivity contribution in [2.75, 3.05) is 0 Å². The third kappa shape index (κ3) is 2.03. The molecule has 1 rings (SSSR count). The maximum Gasteiger partial charge on any atom is 0.0755 e. The van der Waals surface area contributed by atoms with E-state index in [9.17, 15) is 0 Å². The Bertz CT molecular complexity index is 223. The SMILES string of the molecule is NNCc1cc(Br)sc1Br. The highest BCUT2D eigenvalue weighted by Crippen LogP contribution is 2.31. The van der Waals surface area contributed by atoms with E-state index in [4.69, 9.17) is 5.84 Å². The summed E-state index contributed by atoms with van der Waals surface area (Å²) in [6.07, 6.45) is 0. The summed E-state index contributed by atoms with van der Waals surface area (Å²) in [5.41, 5.74) is 3.77. The first kappa shape index (κ1) is 8.67. The molecule has 5 heteroatoms. The minimum Gasteiger partial charge on any atom is -0.271 e.